The first-order valence-corrected chi connectivity index (χ1v) is 9.45. The summed E-state index contributed by atoms with van der Waals surface area (Å²) < 4.78 is 0. The van der Waals surface area contributed by atoms with E-state index in [-0.39, 0.29) is 30.1 Å². The Bertz CT molecular complexity index is 637. The summed E-state index contributed by atoms with van der Waals surface area (Å²) in [7, 11) is 0. The standard InChI is InChI=1S/C20H29N3O2.ClH/c1-15-5-2-6-16(13-15)19(24)22-9-4-10-23(12-11-22)20(25)18-8-3-7-17(18)14-21;/h2,5-6,13,17-18H,3-4,7-12,14,21H2,1H3;1H/t17-,18-;/m1./s1. The lowest BCUT2D eigenvalue weighted by Gasteiger charge is -2.27. The minimum Gasteiger partial charge on any atom is -0.341 e. The van der Waals surface area contributed by atoms with Crippen LogP contribution in [0.5, 0.6) is 0 Å². The number of rotatable bonds is 3. The van der Waals surface area contributed by atoms with Crippen molar-refractivity contribution in [2.24, 2.45) is 17.6 Å². The van der Waals surface area contributed by atoms with E-state index >= 15 is 0 Å². The number of carbonyl (C=O) groups excluding carboxylic acids is 2. The molecule has 0 unspecified atom stereocenters. The molecule has 2 amide bonds. The second-order valence-electron chi connectivity index (χ2n) is 7.37. The number of hydrogen-bond acceptors (Lipinski definition) is 3. The van der Waals surface area contributed by atoms with Gasteiger partial charge in [0.25, 0.3) is 5.91 Å². The van der Waals surface area contributed by atoms with Crippen molar-refractivity contribution in [3.63, 3.8) is 0 Å². The molecule has 1 aromatic rings. The van der Waals surface area contributed by atoms with Gasteiger partial charge in [-0.05, 0) is 50.8 Å². The molecule has 0 spiro atoms. The summed E-state index contributed by atoms with van der Waals surface area (Å²) in [5, 5.41) is 0. The van der Waals surface area contributed by atoms with Crippen LogP contribution in [0.25, 0.3) is 0 Å². The third-order valence-corrected chi connectivity index (χ3v) is 5.64. The van der Waals surface area contributed by atoms with Crippen molar-refractivity contribution in [3.05, 3.63) is 35.4 Å². The average Bonchev–Trinajstić information content (AvgIpc) is 2.96. The number of hydrogen-bond donors (Lipinski definition) is 1. The summed E-state index contributed by atoms with van der Waals surface area (Å²) in [6.45, 7) is 5.28. The van der Waals surface area contributed by atoms with Crippen LogP contribution in [0.1, 0.15) is 41.6 Å². The highest BCUT2D eigenvalue weighted by Gasteiger charge is 2.35. The number of amides is 2. The monoisotopic (exact) mass is 379 g/mol. The van der Waals surface area contributed by atoms with Crippen molar-refractivity contribution in [2.45, 2.75) is 32.6 Å². The van der Waals surface area contributed by atoms with Crippen LogP contribution in [0.15, 0.2) is 24.3 Å². The lowest BCUT2D eigenvalue weighted by molar-refractivity contribution is -0.136. The minimum atomic E-state index is 0. The molecular weight excluding hydrogens is 350 g/mol. The summed E-state index contributed by atoms with van der Waals surface area (Å²) in [6.07, 6.45) is 3.97. The highest BCUT2D eigenvalue weighted by Crippen LogP contribution is 2.32. The lowest BCUT2D eigenvalue weighted by Crippen LogP contribution is -2.41. The van der Waals surface area contributed by atoms with E-state index in [9.17, 15) is 9.59 Å². The molecule has 6 heteroatoms. The van der Waals surface area contributed by atoms with E-state index in [2.05, 4.69) is 0 Å². The van der Waals surface area contributed by atoms with Crippen LogP contribution >= 0.6 is 12.4 Å². The number of benzene rings is 1. The summed E-state index contributed by atoms with van der Waals surface area (Å²) in [5.74, 6) is 0.737. The van der Waals surface area contributed by atoms with Gasteiger partial charge >= 0.3 is 0 Å². The van der Waals surface area contributed by atoms with Gasteiger partial charge in [0.2, 0.25) is 5.91 Å². The van der Waals surface area contributed by atoms with Crippen molar-refractivity contribution in [3.8, 4) is 0 Å². The Hall–Kier alpha value is -1.59. The molecule has 26 heavy (non-hydrogen) atoms. The SMILES string of the molecule is Cc1cccc(C(=O)N2CCCN(C(=O)[C@@H]3CCC[C@@H]3CN)CC2)c1.Cl. The van der Waals surface area contributed by atoms with Gasteiger partial charge in [-0.3, -0.25) is 9.59 Å². The second kappa shape index (κ2) is 9.38. The van der Waals surface area contributed by atoms with Gasteiger partial charge in [-0.1, -0.05) is 24.1 Å². The Labute approximate surface area is 162 Å². The number of halogens is 1. The fourth-order valence-electron chi connectivity index (χ4n) is 4.18. The summed E-state index contributed by atoms with van der Waals surface area (Å²) >= 11 is 0. The van der Waals surface area contributed by atoms with Crippen molar-refractivity contribution in [1.29, 1.82) is 0 Å². The molecule has 1 aromatic carbocycles. The third-order valence-electron chi connectivity index (χ3n) is 5.64. The molecule has 2 aliphatic rings. The first-order chi connectivity index (χ1) is 12.1. The van der Waals surface area contributed by atoms with E-state index in [4.69, 9.17) is 5.73 Å². The van der Waals surface area contributed by atoms with E-state index < -0.39 is 0 Å². The van der Waals surface area contributed by atoms with Crippen LogP contribution in [-0.4, -0.2) is 54.3 Å². The van der Waals surface area contributed by atoms with E-state index in [1.54, 1.807) is 0 Å². The van der Waals surface area contributed by atoms with Crippen LogP contribution < -0.4 is 5.73 Å². The molecule has 0 aromatic heterocycles. The van der Waals surface area contributed by atoms with Crippen LogP contribution in [-0.2, 0) is 4.79 Å². The van der Waals surface area contributed by atoms with E-state index in [1.807, 2.05) is 41.0 Å². The smallest absolute Gasteiger partial charge is 0.253 e. The molecule has 1 aliphatic heterocycles. The Morgan fingerprint density at radius 2 is 1.81 bits per heavy atom. The Kier molecular flexibility index (Phi) is 7.47. The first-order valence-electron chi connectivity index (χ1n) is 9.45. The molecule has 144 valence electrons. The zero-order chi connectivity index (χ0) is 17.8. The van der Waals surface area contributed by atoms with E-state index in [0.717, 1.165) is 43.4 Å². The maximum atomic E-state index is 12.9. The third kappa shape index (κ3) is 4.57. The van der Waals surface area contributed by atoms with Crippen LogP contribution in [0.3, 0.4) is 0 Å². The van der Waals surface area contributed by atoms with Gasteiger partial charge in [-0.2, -0.15) is 0 Å². The van der Waals surface area contributed by atoms with Gasteiger partial charge in [0, 0.05) is 37.7 Å². The topological polar surface area (TPSA) is 66.6 Å². The van der Waals surface area contributed by atoms with Crippen LogP contribution in [0.2, 0.25) is 0 Å². The van der Waals surface area contributed by atoms with Gasteiger partial charge in [-0.15, -0.1) is 12.4 Å². The number of nitrogens with zero attached hydrogens (tertiary/aromatic N) is 2. The second-order valence-corrected chi connectivity index (χ2v) is 7.37. The first kappa shape index (κ1) is 20.7. The van der Waals surface area contributed by atoms with Crippen molar-refractivity contribution >= 4 is 24.2 Å². The minimum absolute atomic E-state index is 0. The molecule has 3 rings (SSSR count). The molecule has 1 aliphatic carbocycles. The fraction of sp³-hybridized carbons (Fsp3) is 0.600. The summed E-state index contributed by atoms with van der Waals surface area (Å²) in [6, 6.07) is 7.71. The number of aryl methyl sites for hydroxylation is 1. The predicted octanol–water partition coefficient (Wildman–Crippen LogP) is 2.47. The molecule has 0 bridgehead atoms. The summed E-state index contributed by atoms with van der Waals surface area (Å²) in [5.41, 5.74) is 7.66. The maximum absolute atomic E-state index is 12.9. The fourth-order valence-corrected chi connectivity index (χ4v) is 4.18. The number of nitrogens with two attached hydrogens (primary N) is 1. The molecule has 1 saturated carbocycles. The van der Waals surface area contributed by atoms with Crippen LogP contribution in [0, 0.1) is 18.8 Å². The van der Waals surface area contributed by atoms with Crippen molar-refractivity contribution < 1.29 is 9.59 Å². The molecule has 2 fully saturated rings. The van der Waals surface area contributed by atoms with Gasteiger partial charge in [-0.25, -0.2) is 0 Å². The Balaban J connectivity index is 0.00000243. The largest absolute Gasteiger partial charge is 0.341 e. The average molecular weight is 380 g/mol. The molecule has 0 radical (unpaired) electrons. The molecular formula is C20H30ClN3O2. The lowest BCUT2D eigenvalue weighted by atomic mass is 9.94. The van der Waals surface area contributed by atoms with Crippen molar-refractivity contribution in [1.82, 2.24) is 9.80 Å². The Morgan fingerprint density at radius 3 is 2.54 bits per heavy atom. The van der Waals surface area contributed by atoms with Gasteiger partial charge in [0.1, 0.15) is 0 Å². The number of carbonyl (C=O) groups is 2. The normalized spacial score (nSPS) is 23.3. The van der Waals surface area contributed by atoms with Gasteiger partial charge < -0.3 is 15.5 Å². The summed E-state index contributed by atoms with van der Waals surface area (Å²) in [4.78, 5) is 29.5. The van der Waals surface area contributed by atoms with E-state index in [0.29, 0.717) is 32.1 Å². The molecule has 2 atom stereocenters. The van der Waals surface area contributed by atoms with Crippen LogP contribution in [0.4, 0.5) is 0 Å². The predicted molar refractivity (Wildman–Crippen MR) is 105 cm³/mol. The quantitative estimate of drug-likeness (QED) is 0.877. The highest BCUT2D eigenvalue weighted by molar-refractivity contribution is 5.94. The van der Waals surface area contributed by atoms with Gasteiger partial charge in [0.05, 0.1) is 0 Å². The Morgan fingerprint density at radius 1 is 1.08 bits per heavy atom. The van der Waals surface area contributed by atoms with E-state index in [1.165, 1.54) is 0 Å². The molecule has 5 nitrogen and oxygen atoms in total. The molecule has 1 saturated heterocycles. The molecule has 1 heterocycles. The molecule has 2 N–H and O–H groups in total. The zero-order valence-electron chi connectivity index (χ0n) is 15.5. The van der Waals surface area contributed by atoms with Gasteiger partial charge in [0.15, 0.2) is 0 Å². The van der Waals surface area contributed by atoms with Crippen molar-refractivity contribution in [2.75, 3.05) is 32.7 Å². The highest BCUT2D eigenvalue weighted by atomic mass is 35.5. The maximum Gasteiger partial charge on any atom is 0.253 e. The zero-order valence-corrected chi connectivity index (χ0v) is 16.3.